The van der Waals surface area contributed by atoms with Crippen molar-refractivity contribution in [3.8, 4) is 11.8 Å². The molecule has 0 atom stereocenters. The standard InChI is InChI=1S/C13H18N2O3S2/c14-6-1-2-11-5-9-19-13(11)10-15-20(16,17)12-3-7-18-8-4-12/h5,9,12,15H,3-4,6-8,10,14H2. The van der Waals surface area contributed by atoms with Crippen molar-refractivity contribution in [2.75, 3.05) is 19.8 Å². The molecule has 1 aliphatic rings. The minimum atomic E-state index is -3.29. The molecule has 0 radical (unpaired) electrons. The van der Waals surface area contributed by atoms with Crippen molar-refractivity contribution in [2.45, 2.75) is 24.6 Å². The van der Waals surface area contributed by atoms with Gasteiger partial charge in [-0.2, -0.15) is 0 Å². The second-order valence-corrected chi connectivity index (χ2v) is 7.49. The van der Waals surface area contributed by atoms with Crippen LogP contribution in [0.3, 0.4) is 0 Å². The lowest BCUT2D eigenvalue weighted by atomic mass is 10.2. The molecular formula is C13H18N2O3S2. The lowest BCUT2D eigenvalue weighted by Gasteiger charge is -2.22. The van der Waals surface area contributed by atoms with Crippen molar-refractivity contribution in [3.63, 3.8) is 0 Å². The van der Waals surface area contributed by atoms with Crippen LogP contribution in [0.25, 0.3) is 0 Å². The molecule has 3 N–H and O–H groups in total. The van der Waals surface area contributed by atoms with E-state index in [0.29, 0.717) is 32.6 Å². The summed E-state index contributed by atoms with van der Waals surface area (Å²) in [5.74, 6) is 5.73. The van der Waals surface area contributed by atoms with E-state index >= 15 is 0 Å². The number of thiophene rings is 1. The van der Waals surface area contributed by atoms with E-state index in [0.717, 1.165) is 10.4 Å². The van der Waals surface area contributed by atoms with E-state index in [1.807, 2.05) is 11.4 Å². The summed E-state index contributed by atoms with van der Waals surface area (Å²) < 4.78 is 32.2. The van der Waals surface area contributed by atoms with Crippen molar-refractivity contribution in [1.29, 1.82) is 0 Å². The van der Waals surface area contributed by atoms with Crippen molar-refractivity contribution in [1.82, 2.24) is 4.72 Å². The number of nitrogens with two attached hydrogens (primary N) is 1. The van der Waals surface area contributed by atoms with Gasteiger partial charge in [-0.25, -0.2) is 13.1 Å². The third kappa shape index (κ3) is 4.04. The fourth-order valence-electron chi connectivity index (χ4n) is 2.01. The molecule has 0 unspecified atom stereocenters. The quantitative estimate of drug-likeness (QED) is 0.800. The normalized spacial score (nSPS) is 16.6. The molecule has 110 valence electrons. The summed E-state index contributed by atoms with van der Waals surface area (Å²) in [6.07, 6.45) is 1.11. The summed E-state index contributed by atoms with van der Waals surface area (Å²) in [6.45, 7) is 1.60. The molecule has 0 bridgehead atoms. The Labute approximate surface area is 123 Å². The van der Waals surface area contributed by atoms with E-state index in [9.17, 15) is 8.42 Å². The molecule has 5 nitrogen and oxygen atoms in total. The molecule has 0 aliphatic carbocycles. The lowest BCUT2D eigenvalue weighted by Crippen LogP contribution is -2.37. The van der Waals surface area contributed by atoms with Crippen LogP contribution in [0.1, 0.15) is 23.3 Å². The van der Waals surface area contributed by atoms with Gasteiger partial charge in [0.05, 0.1) is 11.8 Å². The SMILES string of the molecule is NCC#Cc1ccsc1CNS(=O)(=O)C1CCOCC1. The Morgan fingerprint density at radius 1 is 1.45 bits per heavy atom. The van der Waals surface area contributed by atoms with Gasteiger partial charge in [-0.05, 0) is 24.3 Å². The van der Waals surface area contributed by atoms with Gasteiger partial charge in [-0.3, -0.25) is 0 Å². The minimum absolute atomic E-state index is 0.284. The van der Waals surface area contributed by atoms with E-state index < -0.39 is 10.0 Å². The van der Waals surface area contributed by atoms with Crippen LogP contribution in [-0.2, 0) is 21.3 Å². The monoisotopic (exact) mass is 314 g/mol. The van der Waals surface area contributed by atoms with Crippen LogP contribution in [0.4, 0.5) is 0 Å². The molecule has 0 aromatic carbocycles. The van der Waals surface area contributed by atoms with Crippen LogP contribution in [0, 0.1) is 11.8 Å². The van der Waals surface area contributed by atoms with Crippen LogP contribution in [0.15, 0.2) is 11.4 Å². The summed E-state index contributed by atoms with van der Waals surface area (Å²) in [6, 6.07) is 1.88. The second-order valence-electron chi connectivity index (χ2n) is 4.44. The van der Waals surface area contributed by atoms with Gasteiger partial charge >= 0.3 is 0 Å². The number of hydrogen-bond acceptors (Lipinski definition) is 5. The number of rotatable bonds is 4. The van der Waals surface area contributed by atoms with E-state index in [2.05, 4.69) is 16.6 Å². The molecule has 7 heteroatoms. The zero-order valence-electron chi connectivity index (χ0n) is 11.1. The average Bonchev–Trinajstić information content (AvgIpc) is 2.91. The maximum Gasteiger partial charge on any atom is 0.214 e. The van der Waals surface area contributed by atoms with Gasteiger partial charge in [0, 0.05) is 30.2 Å². The van der Waals surface area contributed by atoms with E-state index in [4.69, 9.17) is 10.5 Å². The summed E-state index contributed by atoms with van der Waals surface area (Å²) in [5, 5.41) is 1.55. The topological polar surface area (TPSA) is 81.4 Å². The van der Waals surface area contributed by atoms with Crippen LogP contribution in [0.2, 0.25) is 0 Å². The van der Waals surface area contributed by atoms with E-state index in [1.165, 1.54) is 11.3 Å². The largest absolute Gasteiger partial charge is 0.381 e. The van der Waals surface area contributed by atoms with Crippen LogP contribution in [0.5, 0.6) is 0 Å². The van der Waals surface area contributed by atoms with Crippen LogP contribution < -0.4 is 10.5 Å². The van der Waals surface area contributed by atoms with Crippen LogP contribution in [-0.4, -0.2) is 33.4 Å². The van der Waals surface area contributed by atoms with Crippen molar-refractivity contribution in [2.24, 2.45) is 5.73 Å². The second kappa shape index (κ2) is 7.20. The first-order valence-corrected chi connectivity index (χ1v) is 8.87. The fourth-order valence-corrected chi connectivity index (χ4v) is 4.26. The highest BCUT2D eigenvalue weighted by Gasteiger charge is 2.27. The average molecular weight is 314 g/mol. The molecule has 0 saturated carbocycles. The fraction of sp³-hybridized carbons (Fsp3) is 0.538. The van der Waals surface area contributed by atoms with E-state index in [-0.39, 0.29) is 11.8 Å². The molecule has 20 heavy (non-hydrogen) atoms. The lowest BCUT2D eigenvalue weighted by molar-refractivity contribution is 0.0981. The third-order valence-corrected chi connectivity index (χ3v) is 5.93. The molecule has 0 amide bonds. The van der Waals surface area contributed by atoms with Gasteiger partial charge in [0.25, 0.3) is 0 Å². The first-order valence-electron chi connectivity index (χ1n) is 6.45. The van der Waals surface area contributed by atoms with Crippen molar-refractivity contribution >= 4 is 21.4 Å². The minimum Gasteiger partial charge on any atom is -0.381 e. The Hall–Kier alpha value is -0.910. The number of ether oxygens (including phenoxy) is 1. The highest BCUT2D eigenvalue weighted by molar-refractivity contribution is 7.90. The highest BCUT2D eigenvalue weighted by Crippen LogP contribution is 2.18. The summed E-state index contributed by atoms with van der Waals surface area (Å²) in [7, 11) is -3.29. The van der Waals surface area contributed by atoms with Crippen molar-refractivity contribution in [3.05, 3.63) is 21.9 Å². The Morgan fingerprint density at radius 3 is 2.90 bits per heavy atom. The molecule has 1 aromatic heterocycles. The first kappa shape index (κ1) is 15.5. The zero-order valence-corrected chi connectivity index (χ0v) is 12.7. The predicted molar refractivity (Wildman–Crippen MR) is 79.9 cm³/mol. The Kier molecular flexibility index (Phi) is 5.57. The zero-order chi connectivity index (χ0) is 14.4. The Bertz CT molecular complexity index is 593. The van der Waals surface area contributed by atoms with Gasteiger partial charge in [0.2, 0.25) is 10.0 Å². The highest BCUT2D eigenvalue weighted by atomic mass is 32.2. The third-order valence-electron chi connectivity index (χ3n) is 3.11. The molecule has 1 aromatic rings. The molecular weight excluding hydrogens is 296 g/mol. The Balaban J connectivity index is 1.99. The smallest absolute Gasteiger partial charge is 0.214 e. The summed E-state index contributed by atoms with van der Waals surface area (Å²) in [4.78, 5) is 0.918. The van der Waals surface area contributed by atoms with Gasteiger partial charge in [0.15, 0.2) is 0 Å². The first-order chi connectivity index (χ1) is 9.63. The summed E-state index contributed by atoms with van der Waals surface area (Å²) >= 11 is 1.49. The van der Waals surface area contributed by atoms with Crippen molar-refractivity contribution < 1.29 is 13.2 Å². The van der Waals surface area contributed by atoms with E-state index in [1.54, 1.807) is 0 Å². The summed E-state index contributed by atoms with van der Waals surface area (Å²) in [5.41, 5.74) is 6.19. The molecule has 1 saturated heterocycles. The molecule has 0 spiro atoms. The van der Waals surface area contributed by atoms with Gasteiger partial charge in [-0.1, -0.05) is 11.8 Å². The number of nitrogens with one attached hydrogen (secondary N) is 1. The Morgan fingerprint density at radius 2 is 2.20 bits per heavy atom. The van der Waals surface area contributed by atoms with Gasteiger partial charge in [-0.15, -0.1) is 11.3 Å². The number of hydrogen-bond donors (Lipinski definition) is 2. The maximum absolute atomic E-state index is 12.2. The number of sulfonamides is 1. The van der Waals surface area contributed by atoms with Gasteiger partial charge < -0.3 is 10.5 Å². The predicted octanol–water partition coefficient (Wildman–Crippen LogP) is 0.657. The van der Waals surface area contributed by atoms with Crippen LogP contribution >= 0.6 is 11.3 Å². The van der Waals surface area contributed by atoms with Gasteiger partial charge in [0.1, 0.15) is 0 Å². The maximum atomic E-state index is 12.2. The molecule has 1 fully saturated rings. The molecule has 1 aliphatic heterocycles. The molecule has 2 heterocycles. The molecule has 2 rings (SSSR count).